The maximum absolute atomic E-state index is 2.55. The lowest BCUT2D eigenvalue weighted by molar-refractivity contribution is 0.244. The van der Waals surface area contributed by atoms with E-state index in [-0.39, 0.29) is 5.41 Å². The molecule has 0 saturated carbocycles. The number of hydrogen-bond donors (Lipinski definition) is 0. The van der Waals surface area contributed by atoms with Crippen LogP contribution in [-0.4, -0.2) is 11.3 Å². The zero-order chi connectivity index (χ0) is 25.5. The molecule has 4 aromatic rings. The highest BCUT2D eigenvalue weighted by atomic mass is 31.1. The minimum Gasteiger partial charge on any atom is -0.0622 e. The molecule has 0 amide bonds. The molecule has 0 aliphatic heterocycles. The van der Waals surface area contributed by atoms with Crippen LogP contribution in [0.4, 0.5) is 0 Å². The van der Waals surface area contributed by atoms with Gasteiger partial charge in [0.15, 0.2) is 0 Å². The van der Waals surface area contributed by atoms with Gasteiger partial charge in [0.1, 0.15) is 0 Å². The molecule has 0 radical (unpaired) electrons. The van der Waals surface area contributed by atoms with E-state index in [0.29, 0.717) is 17.2 Å². The Morgan fingerprint density at radius 1 is 0.500 bits per heavy atom. The highest BCUT2D eigenvalue weighted by molar-refractivity contribution is 7.77. The molecule has 0 heterocycles. The summed E-state index contributed by atoms with van der Waals surface area (Å²) < 4.78 is 0. The van der Waals surface area contributed by atoms with Crippen molar-refractivity contribution in [2.24, 2.45) is 11.3 Å². The summed E-state index contributed by atoms with van der Waals surface area (Å²) in [6, 6.07) is 45.2. The second kappa shape index (κ2) is 12.3. The monoisotopic (exact) mass is 510 g/mol. The van der Waals surface area contributed by atoms with Crippen LogP contribution in [0.5, 0.6) is 0 Å². The Hall–Kier alpha value is -2.26. The zero-order valence-electron chi connectivity index (χ0n) is 22.4. The zero-order valence-corrected chi connectivity index (χ0v) is 24.2. The van der Waals surface area contributed by atoms with E-state index in [1.165, 1.54) is 27.6 Å². The van der Waals surface area contributed by atoms with Crippen molar-refractivity contribution < 1.29 is 0 Å². The topological polar surface area (TPSA) is 0 Å². The Labute approximate surface area is 221 Å². The molecule has 36 heavy (non-hydrogen) atoms. The van der Waals surface area contributed by atoms with Gasteiger partial charge in [-0.3, -0.25) is 0 Å². The van der Waals surface area contributed by atoms with Gasteiger partial charge < -0.3 is 0 Å². The van der Waals surface area contributed by atoms with E-state index in [1.54, 1.807) is 0 Å². The quantitative estimate of drug-likeness (QED) is 0.200. The number of hydrogen-bond acceptors (Lipinski definition) is 0. The highest BCUT2D eigenvalue weighted by Gasteiger charge is 2.37. The van der Waals surface area contributed by atoms with Gasteiger partial charge in [-0.05, 0) is 66.1 Å². The lowest BCUT2D eigenvalue weighted by Gasteiger charge is -2.41. The second-order valence-corrected chi connectivity index (χ2v) is 15.9. The van der Waals surface area contributed by atoms with Crippen molar-refractivity contribution in [2.75, 3.05) is 0 Å². The first-order chi connectivity index (χ1) is 17.4. The second-order valence-electron chi connectivity index (χ2n) is 10.9. The summed E-state index contributed by atoms with van der Waals surface area (Å²) in [6.45, 7) is 12.2. The molecule has 2 heteroatoms. The van der Waals surface area contributed by atoms with Crippen molar-refractivity contribution in [3.05, 3.63) is 121 Å². The number of rotatable bonds is 9. The van der Waals surface area contributed by atoms with E-state index in [2.05, 4.69) is 156 Å². The van der Waals surface area contributed by atoms with Crippen LogP contribution < -0.4 is 21.2 Å². The predicted molar refractivity (Wildman–Crippen MR) is 165 cm³/mol. The average molecular weight is 511 g/mol. The van der Waals surface area contributed by atoms with Crippen molar-refractivity contribution in [1.82, 2.24) is 0 Å². The smallest absolute Gasteiger partial charge is 0.00550 e. The first-order valence-electron chi connectivity index (χ1n) is 13.1. The van der Waals surface area contributed by atoms with Crippen LogP contribution in [-0.2, 0) is 0 Å². The van der Waals surface area contributed by atoms with Crippen LogP contribution in [0.1, 0.15) is 41.0 Å². The summed E-state index contributed by atoms with van der Waals surface area (Å²) in [6.07, 6.45) is 1.22. The molecule has 0 N–H and O–H groups in total. The van der Waals surface area contributed by atoms with Crippen LogP contribution in [0.2, 0.25) is 0 Å². The highest BCUT2D eigenvalue weighted by Crippen LogP contribution is 2.54. The molecular formula is C34H40P2. The van der Waals surface area contributed by atoms with E-state index < -0.39 is 15.8 Å². The fourth-order valence-corrected chi connectivity index (χ4v) is 11.4. The number of benzene rings is 4. The van der Waals surface area contributed by atoms with Gasteiger partial charge in [-0.15, -0.1) is 0 Å². The van der Waals surface area contributed by atoms with Gasteiger partial charge in [0, 0.05) is 0 Å². The van der Waals surface area contributed by atoms with Gasteiger partial charge in [0.2, 0.25) is 0 Å². The van der Waals surface area contributed by atoms with E-state index in [0.717, 1.165) is 0 Å². The van der Waals surface area contributed by atoms with Gasteiger partial charge in [-0.1, -0.05) is 156 Å². The summed E-state index contributed by atoms with van der Waals surface area (Å²) >= 11 is 0. The predicted octanol–water partition coefficient (Wildman–Crippen LogP) is 8.08. The Kier molecular flexibility index (Phi) is 9.17. The summed E-state index contributed by atoms with van der Waals surface area (Å²) in [5.41, 5.74) is 1.36. The molecule has 4 aromatic carbocycles. The summed E-state index contributed by atoms with van der Waals surface area (Å²) in [5, 5.41) is 5.95. The molecule has 0 fully saturated rings. The molecule has 3 unspecified atom stereocenters. The third-order valence-electron chi connectivity index (χ3n) is 7.51. The first kappa shape index (κ1) is 26.8. The molecular weight excluding hydrogens is 470 g/mol. The minimum absolute atomic E-state index is 0.272. The van der Waals surface area contributed by atoms with Crippen LogP contribution in [0.3, 0.4) is 0 Å². The SMILES string of the molecule is CC(C(CC(C)C(C)(C)C)P(c1ccccc1)c1ccccc1)P(c1ccccc1)c1ccccc1. The molecule has 0 aromatic heterocycles. The van der Waals surface area contributed by atoms with E-state index in [1.807, 2.05) is 0 Å². The molecule has 4 rings (SSSR count). The molecule has 186 valence electrons. The third kappa shape index (κ3) is 6.54. The molecule has 3 atom stereocenters. The average Bonchev–Trinajstić information content (AvgIpc) is 2.90. The van der Waals surface area contributed by atoms with Crippen molar-refractivity contribution in [3.63, 3.8) is 0 Å². The summed E-state index contributed by atoms with van der Waals surface area (Å²) in [4.78, 5) is 0. The van der Waals surface area contributed by atoms with E-state index in [9.17, 15) is 0 Å². The van der Waals surface area contributed by atoms with E-state index in [4.69, 9.17) is 0 Å². The van der Waals surface area contributed by atoms with Gasteiger partial charge in [0.05, 0.1) is 0 Å². The third-order valence-corrected chi connectivity index (χ3v) is 13.7. The normalized spacial score (nSPS) is 14.5. The molecule has 0 aliphatic rings. The van der Waals surface area contributed by atoms with Gasteiger partial charge in [-0.25, -0.2) is 0 Å². The van der Waals surface area contributed by atoms with Crippen molar-refractivity contribution in [2.45, 2.75) is 52.4 Å². The maximum atomic E-state index is 2.55. The molecule has 0 aliphatic carbocycles. The molecule has 0 spiro atoms. The van der Waals surface area contributed by atoms with Crippen molar-refractivity contribution in [1.29, 1.82) is 0 Å². The van der Waals surface area contributed by atoms with Crippen molar-refractivity contribution in [3.8, 4) is 0 Å². The van der Waals surface area contributed by atoms with Gasteiger partial charge in [-0.2, -0.15) is 0 Å². The Morgan fingerprint density at radius 3 is 1.11 bits per heavy atom. The first-order valence-corrected chi connectivity index (χ1v) is 16.0. The Bertz CT molecular complexity index is 1090. The molecule has 0 saturated heterocycles. The fourth-order valence-electron chi connectivity index (χ4n) is 4.91. The van der Waals surface area contributed by atoms with Gasteiger partial charge in [0.25, 0.3) is 0 Å². The maximum Gasteiger partial charge on any atom is -0.00550 e. The Balaban J connectivity index is 1.88. The fraction of sp³-hybridized carbons (Fsp3) is 0.294. The van der Waals surface area contributed by atoms with Crippen LogP contribution in [0, 0.1) is 11.3 Å². The van der Waals surface area contributed by atoms with Crippen LogP contribution in [0.25, 0.3) is 0 Å². The van der Waals surface area contributed by atoms with E-state index >= 15 is 0 Å². The van der Waals surface area contributed by atoms with Crippen molar-refractivity contribution >= 4 is 37.1 Å². The molecule has 0 nitrogen and oxygen atoms in total. The summed E-state index contributed by atoms with van der Waals surface area (Å²) in [7, 11) is -1.05. The lowest BCUT2D eigenvalue weighted by Crippen LogP contribution is -2.36. The lowest BCUT2D eigenvalue weighted by atomic mass is 9.79. The largest absolute Gasteiger partial charge is 0.0622 e. The van der Waals surface area contributed by atoms with Crippen LogP contribution >= 0.6 is 15.8 Å². The van der Waals surface area contributed by atoms with Crippen LogP contribution in [0.15, 0.2) is 121 Å². The molecule has 0 bridgehead atoms. The minimum atomic E-state index is -0.530. The Morgan fingerprint density at radius 2 is 0.806 bits per heavy atom. The van der Waals surface area contributed by atoms with Gasteiger partial charge >= 0.3 is 0 Å². The standard InChI is InChI=1S/C34H40P2/c1-27(34(3,4)5)26-33(36(31-22-14-8-15-23-31)32-24-16-9-17-25-32)28(2)35(29-18-10-6-11-19-29)30-20-12-7-13-21-30/h6-25,27-28,33H,26H2,1-5H3. The summed E-state index contributed by atoms with van der Waals surface area (Å²) in [5.74, 6) is 0.616.